The molecule has 0 spiro atoms. The molecule has 0 heterocycles. The third-order valence-corrected chi connectivity index (χ3v) is 4.29. The number of benzene rings is 1. The van der Waals surface area contributed by atoms with Gasteiger partial charge in [-0.25, -0.2) is 0 Å². The number of carbonyl (C=O) groups is 1. The largest absolute Gasteiger partial charge is 0.356 e. The maximum atomic E-state index is 11.3. The molecule has 0 radical (unpaired) electrons. The van der Waals surface area contributed by atoms with Crippen molar-refractivity contribution >= 4 is 37.8 Å². The van der Waals surface area contributed by atoms with Crippen molar-refractivity contribution in [1.82, 2.24) is 10.6 Å². The van der Waals surface area contributed by atoms with Crippen molar-refractivity contribution in [3.8, 4) is 0 Å². The Bertz CT molecular complexity index is 397. The minimum absolute atomic E-state index is 0.112. The fourth-order valence-electron chi connectivity index (χ4n) is 1.44. The second-order valence-electron chi connectivity index (χ2n) is 4.03. The second-order valence-corrected chi connectivity index (χ2v) is 5.73. The fourth-order valence-corrected chi connectivity index (χ4v) is 2.11. The first-order valence-corrected chi connectivity index (χ1v) is 7.63. The van der Waals surface area contributed by atoms with Gasteiger partial charge in [-0.1, -0.05) is 13.0 Å². The van der Waals surface area contributed by atoms with Crippen LogP contribution in [0.2, 0.25) is 0 Å². The van der Waals surface area contributed by atoms with Crippen LogP contribution in [0.15, 0.2) is 27.1 Å². The first kappa shape index (κ1) is 15.7. The number of amides is 1. The molecule has 0 unspecified atom stereocenters. The molecule has 3 nitrogen and oxygen atoms in total. The molecule has 2 N–H and O–H groups in total. The zero-order chi connectivity index (χ0) is 13.4. The minimum Gasteiger partial charge on any atom is -0.356 e. The van der Waals surface area contributed by atoms with E-state index in [0.717, 1.165) is 28.5 Å². The average Bonchev–Trinajstić information content (AvgIpc) is 2.36. The van der Waals surface area contributed by atoms with E-state index in [1.165, 1.54) is 5.56 Å². The SMILES string of the molecule is CCCNC(=O)CCNCc1ccc(Br)c(Br)c1. The molecule has 1 amide bonds. The van der Waals surface area contributed by atoms with Gasteiger partial charge < -0.3 is 10.6 Å². The molecular formula is C13H18Br2N2O. The molecule has 0 aromatic heterocycles. The molecule has 0 atom stereocenters. The Morgan fingerprint density at radius 1 is 1.22 bits per heavy atom. The highest BCUT2D eigenvalue weighted by Gasteiger charge is 2.01. The Hall–Kier alpha value is -0.390. The quantitative estimate of drug-likeness (QED) is 0.716. The van der Waals surface area contributed by atoms with Crippen LogP contribution >= 0.6 is 31.9 Å². The maximum absolute atomic E-state index is 11.3. The van der Waals surface area contributed by atoms with Crippen LogP contribution in [0.1, 0.15) is 25.3 Å². The topological polar surface area (TPSA) is 41.1 Å². The van der Waals surface area contributed by atoms with Crippen LogP contribution in [-0.2, 0) is 11.3 Å². The molecule has 0 fully saturated rings. The van der Waals surface area contributed by atoms with Gasteiger partial charge in [-0.15, -0.1) is 0 Å². The van der Waals surface area contributed by atoms with Crippen molar-refractivity contribution in [3.63, 3.8) is 0 Å². The van der Waals surface area contributed by atoms with Gasteiger partial charge in [-0.3, -0.25) is 4.79 Å². The van der Waals surface area contributed by atoms with E-state index in [0.29, 0.717) is 13.0 Å². The van der Waals surface area contributed by atoms with Gasteiger partial charge in [0.15, 0.2) is 0 Å². The number of carbonyl (C=O) groups excluding carboxylic acids is 1. The molecule has 18 heavy (non-hydrogen) atoms. The van der Waals surface area contributed by atoms with E-state index in [1.807, 2.05) is 13.0 Å². The van der Waals surface area contributed by atoms with Crippen LogP contribution < -0.4 is 10.6 Å². The van der Waals surface area contributed by atoms with Crippen molar-refractivity contribution in [1.29, 1.82) is 0 Å². The molecule has 0 saturated carbocycles. The van der Waals surface area contributed by atoms with Crippen LogP contribution in [-0.4, -0.2) is 19.0 Å². The van der Waals surface area contributed by atoms with E-state index in [-0.39, 0.29) is 5.91 Å². The highest BCUT2D eigenvalue weighted by Crippen LogP contribution is 2.23. The Labute approximate surface area is 125 Å². The first-order chi connectivity index (χ1) is 8.63. The molecular weight excluding hydrogens is 360 g/mol. The molecule has 100 valence electrons. The predicted molar refractivity (Wildman–Crippen MR) is 81.5 cm³/mol. The normalized spacial score (nSPS) is 10.4. The van der Waals surface area contributed by atoms with Crippen LogP contribution in [0.5, 0.6) is 0 Å². The highest BCUT2D eigenvalue weighted by atomic mass is 79.9. The van der Waals surface area contributed by atoms with Crippen LogP contribution in [0.4, 0.5) is 0 Å². The summed E-state index contributed by atoms with van der Waals surface area (Å²) in [5.74, 6) is 0.112. The van der Waals surface area contributed by atoms with Gasteiger partial charge in [0.1, 0.15) is 0 Å². The summed E-state index contributed by atoms with van der Waals surface area (Å²) >= 11 is 6.90. The summed E-state index contributed by atoms with van der Waals surface area (Å²) in [5, 5.41) is 6.11. The molecule has 0 bridgehead atoms. The van der Waals surface area contributed by atoms with Crippen molar-refractivity contribution in [2.24, 2.45) is 0 Å². The maximum Gasteiger partial charge on any atom is 0.221 e. The summed E-state index contributed by atoms with van der Waals surface area (Å²) < 4.78 is 2.09. The summed E-state index contributed by atoms with van der Waals surface area (Å²) in [6.07, 6.45) is 1.50. The van der Waals surface area contributed by atoms with Crippen LogP contribution in [0, 0.1) is 0 Å². The van der Waals surface area contributed by atoms with E-state index in [9.17, 15) is 4.79 Å². The Balaban J connectivity index is 2.21. The molecule has 5 heteroatoms. The average molecular weight is 378 g/mol. The van der Waals surface area contributed by atoms with Crippen LogP contribution in [0.3, 0.4) is 0 Å². The molecule has 0 aliphatic carbocycles. The van der Waals surface area contributed by atoms with Crippen molar-refractivity contribution < 1.29 is 4.79 Å². The summed E-state index contributed by atoms with van der Waals surface area (Å²) in [4.78, 5) is 11.3. The molecule has 1 rings (SSSR count). The Kier molecular flexibility index (Phi) is 7.54. The Morgan fingerprint density at radius 2 is 2.00 bits per heavy atom. The fraction of sp³-hybridized carbons (Fsp3) is 0.462. The third kappa shape index (κ3) is 5.98. The second kappa shape index (κ2) is 8.67. The molecule has 1 aromatic rings. The van der Waals surface area contributed by atoms with Crippen molar-refractivity contribution in [2.75, 3.05) is 13.1 Å². The molecule has 0 aliphatic heterocycles. The van der Waals surface area contributed by atoms with E-state index in [4.69, 9.17) is 0 Å². The smallest absolute Gasteiger partial charge is 0.221 e. The molecule has 1 aromatic carbocycles. The summed E-state index contributed by atoms with van der Waals surface area (Å²) in [7, 11) is 0. The number of hydrogen-bond donors (Lipinski definition) is 2. The van der Waals surface area contributed by atoms with Gasteiger partial charge in [-0.2, -0.15) is 0 Å². The standard InChI is InChI=1S/C13H18Br2N2O/c1-2-6-17-13(18)5-7-16-9-10-3-4-11(14)12(15)8-10/h3-4,8,16H,2,5-7,9H2,1H3,(H,17,18). The summed E-state index contributed by atoms with van der Waals surface area (Å²) in [6, 6.07) is 6.13. The number of rotatable bonds is 7. The minimum atomic E-state index is 0.112. The van der Waals surface area contributed by atoms with Crippen LogP contribution in [0.25, 0.3) is 0 Å². The predicted octanol–water partition coefficient (Wildman–Crippen LogP) is 3.22. The summed E-state index contributed by atoms with van der Waals surface area (Å²) in [6.45, 7) is 4.28. The summed E-state index contributed by atoms with van der Waals surface area (Å²) in [5.41, 5.74) is 1.19. The first-order valence-electron chi connectivity index (χ1n) is 6.04. The van der Waals surface area contributed by atoms with E-state index in [1.54, 1.807) is 0 Å². The van der Waals surface area contributed by atoms with E-state index >= 15 is 0 Å². The van der Waals surface area contributed by atoms with Gasteiger partial charge in [0, 0.05) is 35.0 Å². The van der Waals surface area contributed by atoms with E-state index in [2.05, 4.69) is 54.6 Å². The molecule has 0 aliphatic rings. The van der Waals surface area contributed by atoms with Gasteiger partial charge in [0.05, 0.1) is 0 Å². The Morgan fingerprint density at radius 3 is 2.67 bits per heavy atom. The van der Waals surface area contributed by atoms with Gasteiger partial charge in [0.2, 0.25) is 5.91 Å². The lowest BCUT2D eigenvalue weighted by Gasteiger charge is -2.06. The number of hydrogen-bond acceptors (Lipinski definition) is 2. The van der Waals surface area contributed by atoms with Crippen molar-refractivity contribution in [2.45, 2.75) is 26.3 Å². The monoisotopic (exact) mass is 376 g/mol. The lowest BCUT2D eigenvalue weighted by molar-refractivity contribution is -0.120. The zero-order valence-corrected chi connectivity index (χ0v) is 13.6. The zero-order valence-electron chi connectivity index (χ0n) is 10.4. The van der Waals surface area contributed by atoms with Crippen molar-refractivity contribution in [3.05, 3.63) is 32.7 Å². The van der Waals surface area contributed by atoms with Gasteiger partial charge in [-0.05, 0) is 56.0 Å². The lowest BCUT2D eigenvalue weighted by atomic mass is 10.2. The number of nitrogens with one attached hydrogen (secondary N) is 2. The van der Waals surface area contributed by atoms with Gasteiger partial charge in [0.25, 0.3) is 0 Å². The van der Waals surface area contributed by atoms with Gasteiger partial charge >= 0.3 is 0 Å². The van der Waals surface area contributed by atoms with E-state index < -0.39 is 0 Å². The molecule has 0 saturated heterocycles. The third-order valence-electron chi connectivity index (χ3n) is 2.41. The lowest BCUT2D eigenvalue weighted by Crippen LogP contribution is -2.28. The number of halogens is 2. The highest BCUT2D eigenvalue weighted by molar-refractivity contribution is 9.13.